The van der Waals surface area contributed by atoms with Gasteiger partial charge in [0.1, 0.15) is 5.82 Å². The Hall–Kier alpha value is -3.56. The van der Waals surface area contributed by atoms with Crippen LogP contribution in [0.2, 0.25) is 0 Å². The molecule has 0 fully saturated rings. The smallest absolute Gasteiger partial charge is 0.416 e. The van der Waals surface area contributed by atoms with Gasteiger partial charge in [-0.2, -0.15) is 4.31 Å². The quantitative estimate of drug-likeness (QED) is 0.490. The van der Waals surface area contributed by atoms with Crippen LogP contribution >= 0.6 is 0 Å². The number of rotatable bonds is 3. The molecule has 0 bridgehead atoms. The van der Waals surface area contributed by atoms with Crippen LogP contribution in [0, 0.1) is 5.82 Å². The molecule has 7 nitrogen and oxygen atoms in total. The third-order valence-electron chi connectivity index (χ3n) is 5.81. The average Bonchev–Trinajstić information content (AvgIpc) is 3.23. The third-order valence-corrected chi connectivity index (χ3v) is 7.80. The first-order valence-electron chi connectivity index (χ1n) is 9.87. The van der Waals surface area contributed by atoms with Gasteiger partial charge in [0, 0.05) is 29.4 Å². The predicted molar refractivity (Wildman–Crippen MR) is 116 cm³/mol. The fraction of sp³-hybridized carbons (Fsp3) is 0.130. The van der Waals surface area contributed by atoms with Crippen LogP contribution in [0.4, 0.5) is 9.18 Å². The monoisotopic (exact) mass is 451 g/mol. The van der Waals surface area contributed by atoms with E-state index in [9.17, 15) is 22.7 Å². The zero-order valence-electron chi connectivity index (χ0n) is 16.9. The lowest BCUT2D eigenvalue weighted by Gasteiger charge is -2.19. The Kier molecular flexibility index (Phi) is 4.61. The molecule has 1 atom stereocenters. The van der Waals surface area contributed by atoms with Gasteiger partial charge in [-0.3, -0.25) is 9.55 Å². The molecule has 9 heteroatoms. The van der Waals surface area contributed by atoms with Gasteiger partial charge in [0.2, 0.25) is 10.0 Å². The molecule has 1 aliphatic heterocycles. The first-order chi connectivity index (χ1) is 15.3. The number of pyridine rings is 1. The van der Waals surface area contributed by atoms with Crippen LogP contribution in [0.25, 0.3) is 22.0 Å². The molecule has 32 heavy (non-hydrogen) atoms. The molecule has 0 radical (unpaired) electrons. The van der Waals surface area contributed by atoms with E-state index in [4.69, 9.17) is 0 Å². The number of sulfonamides is 1. The molecule has 5 rings (SSSR count). The summed E-state index contributed by atoms with van der Waals surface area (Å²) in [5, 5.41) is 10.1. The van der Waals surface area contributed by atoms with Gasteiger partial charge in [-0.05, 0) is 60.5 Å². The molecule has 1 N–H and O–H groups in total. The summed E-state index contributed by atoms with van der Waals surface area (Å²) in [6.45, 7) is 1.96. The van der Waals surface area contributed by atoms with Gasteiger partial charge in [0.25, 0.3) is 0 Å². The second kappa shape index (κ2) is 7.25. The van der Waals surface area contributed by atoms with E-state index in [1.165, 1.54) is 28.7 Å². The van der Waals surface area contributed by atoms with E-state index < -0.39 is 28.0 Å². The van der Waals surface area contributed by atoms with E-state index in [2.05, 4.69) is 4.98 Å². The largest absolute Gasteiger partial charge is 0.464 e. The Morgan fingerprint density at radius 1 is 1.16 bits per heavy atom. The van der Waals surface area contributed by atoms with Crippen LogP contribution < -0.4 is 0 Å². The van der Waals surface area contributed by atoms with Crippen molar-refractivity contribution in [2.24, 2.45) is 0 Å². The molecule has 3 heterocycles. The summed E-state index contributed by atoms with van der Waals surface area (Å²) in [6.07, 6.45) is 1.81. The van der Waals surface area contributed by atoms with Crippen molar-refractivity contribution in [3.05, 3.63) is 84.1 Å². The first-order valence-corrected chi connectivity index (χ1v) is 11.3. The van der Waals surface area contributed by atoms with Crippen molar-refractivity contribution in [2.45, 2.75) is 24.4 Å². The third kappa shape index (κ3) is 3.09. The summed E-state index contributed by atoms with van der Waals surface area (Å²) >= 11 is 0. The molecule has 162 valence electrons. The Labute approximate surface area is 183 Å². The highest BCUT2D eigenvalue weighted by atomic mass is 32.2. The standard InChI is InChI=1S/C23H18FN3O4S/c1-14-19-10-15(20-13-26(23(28)29)21-11-16(24)6-7-18(20)21)5-8-22(19)32(30,31)27(14)12-17-4-2-3-9-25-17/h2-11,13-14H,12H2,1H3,(H,28,29)/t14-/m1/s1. The van der Waals surface area contributed by atoms with Crippen molar-refractivity contribution >= 4 is 27.0 Å². The van der Waals surface area contributed by atoms with Crippen molar-refractivity contribution in [1.29, 1.82) is 0 Å². The maximum absolute atomic E-state index is 13.7. The van der Waals surface area contributed by atoms with Crippen molar-refractivity contribution in [3.8, 4) is 11.1 Å². The second-order valence-electron chi connectivity index (χ2n) is 7.66. The molecule has 0 amide bonds. The van der Waals surface area contributed by atoms with Crippen LogP contribution in [-0.2, 0) is 16.6 Å². The summed E-state index contributed by atoms with van der Waals surface area (Å²) in [7, 11) is -3.70. The average molecular weight is 451 g/mol. The lowest BCUT2D eigenvalue weighted by atomic mass is 9.99. The number of hydrogen-bond acceptors (Lipinski definition) is 4. The minimum atomic E-state index is -3.70. The van der Waals surface area contributed by atoms with Crippen LogP contribution in [0.15, 0.2) is 71.9 Å². The fourth-order valence-corrected chi connectivity index (χ4v) is 6.08. The van der Waals surface area contributed by atoms with Gasteiger partial charge in [-0.15, -0.1) is 0 Å². The van der Waals surface area contributed by atoms with E-state index in [1.807, 2.05) is 13.0 Å². The molecule has 0 spiro atoms. The highest BCUT2D eigenvalue weighted by molar-refractivity contribution is 7.89. The fourth-order valence-electron chi connectivity index (χ4n) is 4.23. The Morgan fingerprint density at radius 2 is 1.97 bits per heavy atom. The molecule has 1 aliphatic rings. The van der Waals surface area contributed by atoms with Crippen molar-refractivity contribution < 1.29 is 22.7 Å². The van der Waals surface area contributed by atoms with Gasteiger partial charge in [0.15, 0.2) is 0 Å². The van der Waals surface area contributed by atoms with Crippen LogP contribution in [0.3, 0.4) is 0 Å². The van der Waals surface area contributed by atoms with Gasteiger partial charge < -0.3 is 5.11 Å². The van der Waals surface area contributed by atoms with E-state index in [-0.39, 0.29) is 17.0 Å². The predicted octanol–water partition coefficient (Wildman–Crippen LogP) is 4.63. The highest BCUT2D eigenvalue weighted by Crippen LogP contribution is 2.43. The van der Waals surface area contributed by atoms with E-state index in [1.54, 1.807) is 36.5 Å². The zero-order valence-corrected chi connectivity index (χ0v) is 17.8. The minimum absolute atomic E-state index is 0.145. The van der Waals surface area contributed by atoms with Crippen molar-refractivity contribution in [1.82, 2.24) is 13.9 Å². The topological polar surface area (TPSA) is 92.5 Å². The maximum atomic E-state index is 13.7. The molecule has 0 unspecified atom stereocenters. The molecule has 4 aromatic rings. The van der Waals surface area contributed by atoms with Gasteiger partial charge >= 0.3 is 6.09 Å². The van der Waals surface area contributed by atoms with Crippen LogP contribution in [0.5, 0.6) is 0 Å². The van der Waals surface area contributed by atoms with Crippen molar-refractivity contribution in [2.75, 3.05) is 0 Å². The molecular weight excluding hydrogens is 433 g/mol. The van der Waals surface area contributed by atoms with Crippen LogP contribution in [0.1, 0.15) is 24.2 Å². The SMILES string of the molecule is C[C@@H]1c2cc(-c3cn(C(=O)O)c4cc(F)ccc34)ccc2S(=O)(=O)N1Cc1ccccn1. The molecular formula is C23H18FN3O4S. The summed E-state index contributed by atoms with van der Waals surface area (Å²) in [5.41, 5.74) is 2.73. The number of hydrogen-bond donors (Lipinski definition) is 1. The second-order valence-corrected chi connectivity index (χ2v) is 9.52. The highest BCUT2D eigenvalue weighted by Gasteiger charge is 2.40. The lowest BCUT2D eigenvalue weighted by Crippen LogP contribution is -2.26. The Bertz CT molecular complexity index is 1480. The molecule has 0 saturated heterocycles. The zero-order chi connectivity index (χ0) is 22.6. The van der Waals surface area contributed by atoms with Gasteiger partial charge in [-0.1, -0.05) is 12.1 Å². The van der Waals surface area contributed by atoms with E-state index in [0.717, 1.165) is 4.57 Å². The normalized spacial score (nSPS) is 17.5. The number of fused-ring (bicyclic) bond motifs is 2. The van der Waals surface area contributed by atoms with E-state index in [0.29, 0.717) is 27.8 Å². The Morgan fingerprint density at radius 3 is 2.69 bits per heavy atom. The number of benzene rings is 2. The summed E-state index contributed by atoms with van der Waals surface area (Å²) in [5.74, 6) is -0.538. The maximum Gasteiger partial charge on any atom is 0.416 e. The number of carboxylic acid groups (broad SMARTS) is 1. The number of nitrogens with zero attached hydrogens (tertiary/aromatic N) is 3. The molecule has 2 aromatic heterocycles. The number of aromatic nitrogens is 2. The van der Waals surface area contributed by atoms with Gasteiger partial charge in [0.05, 0.1) is 22.7 Å². The number of carbonyl (C=O) groups is 1. The van der Waals surface area contributed by atoms with Crippen molar-refractivity contribution in [3.63, 3.8) is 0 Å². The number of halogens is 1. The summed E-state index contributed by atoms with van der Waals surface area (Å²) in [6, 6.07) is 13.8. The summed E-state index contributed by atoms with van der Waals surface area (Å²) in [4.78, 5) is 16.1. The van der Waals surface area contributed by atoms with Crippen LogP contribution in [-0.4, -0.2) is 33.5 Å². The molecule has 2 aromatic carbocycles. The first kappa shape index (κ1) is 20.3. The van der Waals surface area contributed by atoms with Gasteiger partial charge in [-0.25, -0.2) is 17.6 Å². The lowest BCUT2D eigenvalue weighted by molar-refractivity contribution is 0.197. The Balaban J connectivity index is 1.62. The summed E-state index contributed by atoms with van der Waals surface area (Å²) < 4.78 is 42.4. The molecule has 0 saturated carbocycles. The molecule has 0 aliphatic carbocycles. The van der Waals surface area contributed by atoms with E-state index >= 15 is 0 Å². The minimum Gasteiger partial charge on any atom is -0.464 e.